The van der Waals surface area contributed by atoms with Crippen LogP contribution in [-0.2, 0) is 7.05 Å². The maximum absolute atomic E-state index is 11.7. The van der Waals surface area contributed by atoms with Crippen molar-refractivity contribution in [3.05, 3.63) is 34.1 Å². The second-order valence-corrected chi connectivity index (χ2v) is 3.53. The SMILES string of the molecule is CCC(=O)c1ccc2nnn(C)c(=O)c2c1. The third-order valence-corrected chi connectivity index (χ3v) is 2.45. The van der Waals surface area contributed by atoms with E-state index in [0.29, 0.717) is 22.9 Å². The summed E-state index contributed by atoms with van der Waals surface area (Å²) in [6.07, 6.45) is 0.421. The molecule has 0 spiro atoms. The van der Waals surface area contributed by atoms with E-state index in [1.165, 1.54) is 7.05 Å². The van der Waals surface area contributed by atoms with Crippen LogP contribution in [0.25, 0.3) is 10.9 Å². The van der Waals surface area contributed by atoms with Crippen LogP contribution in [0.1, 0.15) is 23.7 Å². The van der Waals surface area contributed by atoms with Gasteiger partial charge in [-0.1, -0.05) is 12.1 Å². The van der Waals surface area contributed by atoms with Crippen molar-refractivity contribution in [2.24, 2.45) is 7.05 Å². The zero-order chi connectivity index (χ0) is 11.7. The summed E-state index contributed by atoms with van der Waals surface area (Å²) in [5.74, 6) is 0.0146. The van der Waals surface area contributed by atoms with Gasteiger partial charge in [-0.15, -0.1) is 5.10 Å². The highest BCUT2D eigenvalue weighted by molar-refractivity contribution is 5.98. The molecule has 0 radical (unpaired) electrons. The van der Waals surface area contributed by atoms with Crippen molar-refractivity contribution in [1.29, 1.82) is 0 Å². The van der Waals surface area contributed by atoms with Gasteiger partial charge in [-0.25, -0.2) is 4.68 Å². The first kappa shape index (κ1) is 10.5. The summed E-state index contributed by atoms with van der Waals surface area (Å²) >= 11 is 0. The van der Waals surface area contributed by atoms with Crippen LogP contribution in [0.4, 0.5) is 0 Å². The minimum atomic E-state index is -0.240. The van der Waals surface area contributed by atoms with Gasteiger partial charge >= 0.3 is 0 Å². The predicted molar refractivity (Wildman–Crippen MR) is 59.4 cm³/mol. The van der Waals surface area contributed by atoms with Crippen LogP contribution in [0, 0.1) is 0 Å². The summed E-state index contributed by atoms with van der Waals surface area (Å²) in [4.78, 5) is 23.2. The molecule has 0 aliphatic carbocycles. The maximum atomic E-state index is 11.7. The average molecular weight is 217 g/mol. The van der Waals surface area contributed by atoms with Crippen molar-refractivity contribution < 1.29 is 4.79 Å². The number of rotatable bonds is 2. The Morgan fingerprint density at radius 3 is 2.88 bits per heavy atom. The largest absolute Gasteiger partial charge is 0.294 e. The predicted octanol–water partition coefficient (Wildman–Crippen LogP) is 0.921. The summed E-state index contributed by atoms with van der Waals surface area (Å²) in [7, 11) is 1.53. The van der Waals surface area contributed by atoms with Gasteiger partial charge in [0.25, 0.3) is 5.56 Å². The molecule has 0 aliphatic rings. The summed E-state index contributed by atoms with van der Waals surface area (Å²) in [6, 6.07) is 4.90. The van der Waals surface area contributed by atoms with Gasteiger partial charge in [0, 0.05) is 19.0 Å². The Morgan fingerprint density at radius 2 is 2.19 bits per heavy atom. The van der Waals surface area contributed by atoms with Gasteiger partial charge in [-0.3, -0.25) is 9.59 Å². The molecule has 0 saturated heterocycles. The van der Waals surface area contributed by atoms with E-state index in [2.05, 4.69) is 10.3 Å². The van der Waals surface area contributed by atoms with Gasteiger partial charge < -0.3 is 0 Å². The summed E-state index contributed by atoms with van der Waals surface area (Å²) in [5.41, 5.74) is 0.812. The number of hydrogen-bond donors (Lipinski definition) is 0. The molecule has 0 aliphatic heterocycles. The topological polar surface area (TPSA) is 64.8 Å². The number of carbonyl (C=O) groups is 1. The van der Waals surface area contributed by atoms with Crippen molar-refractivity contribution in [1.82, 2.24) is 15.0 Å². The lowest BCUT2D eigenvalue weighted by Gasteiger charge is -2.01. The fraction of sp³-hybridized carbons (Fsp3) is 0.273. The highest BCUT2D eigenvalue weighted by Gasteiger charge is 2.07. The van der Waals surface area contributed by atoms with Gasteiger partial charge in [0.05, 0.1) is 5.39 Å². The molecular formula is C11H11N3O2. The van der Waals surface area contributed by atoms with Crippen molar-refractivity contribution in [3.8, 4) is 0 Å². The van der Waals surface area contributed by atoms with Gasteiger partial charge in [0.1, 0.15) is 5.52 Å². The minimum Gasteiger partial charge on any atom is -0.294 e. The van der Waals surface area contributed by atoms with Crippen LogP contribution >= 0.6 is 0 Å². The minimum absolute atomic E-state index is 0.0146. The molecule has 0 amide bonds. The lowest BCUT2D eigenvalue weighted by molar-refractivity contribution is 0.0988. The molecule has 0 bridgehead atoms. The fourth-order valence-electron chi connectivity index (χ4n) is 1.50. The third-order valence-electron chi connectivity index (χ3n) is 2.45. The van der Waals surface area contributed by atoms with E-state index in [9.17, 15) is 9.59 Å². The lowest BCUT2D eigenvalue weighted by Crippen LogP contribution is -2.21. The quantitative estimate of drug-likeness (QED) is 0.702. The van der Waals surface area contributed by atoms with E-state index in [1.807, 2.05) is 0 Å². The van der Waals surface area contributed by atoms with Crippen LogP contribution < -0.4 is 5.56 Å². The van der Waals surface area contributed by atoms with Crippen molar-refractivity contribution in [2.75, 3.05) is 0 Å². The number of Topliss-reactive ketones (excluding diaryl/α,β-unsaturated/α-hetero) is 1. The normalized spacial score (nSPS) is 10.6. The molecule has 0 unspecified atom stereocenters. The molecule has 2 aromatic rings. The smallest absolute Gasteiger partial charge is 0.277 e. The maximum Gasteiger partial charge on any atom is 0.277 e. The Hall–Kier alpha value is -2.04. The molecule has 1 aromatic heterocycles. The Balaban J connectivity index is 2.74. The molecule has 82 valence electrons. The number of benzene rings is 1. The van der Waals surface area contributed by atoms with Gasteiger partial charge in [0.2, 0.25) is 0 Å². The summed E-state index contributed by atoms with van der Waals surface area (Å²) in [5, 5.41) is 7.97. The van der Waals surface area contributed by atoms with E-state index in [1.54, 1.807) is 25.1 Å². The molecule has 0 atom stereocenters. The van der Waals surface area contributed by atoms with Crippen LogP contribution in [0.5, 0.6) is 0 Å². The van der Waals surface area contributed by atoms with Crippen LogP contribution in [0.2, 0.25) is 0 Å². The fourth-order valence-corrected chi connectivity index (χ4v) is 1.50. The molecule has 5 nitrogen and oxygen atoms in total. The molecule has 0 saturated carbocycles. The number of nitrogens with zero attached hydrogens (tertiary/aromatic N) is 3. The Bertz CT molecular complexity index is 616. The standard InChI is InChI=1S/C11H11N3O2/c1-3-10(15)7-4-5-9-8(6-7)11(16)14(2)13-12-9/h4-6H,3H2,1-2H3. The van der Waals surface area contributed by atoms with E-state index < -0.39 is 0 Å². The van der Waals surface area contributed by atoms with Crippen LogP contribution in [0.3, 0.4) is 0 Å². The highest BCUT2D eigenvalue weighted by atomic mass is 16.1. The molecule has 5 heteroatoms. The number of hydrogen-bond acceptors (Lipinski definition) is 4. The van der Waals surface area contributed by atoms with Crippen molar-refractivity contribution in [3.63, 3.8) is 0 Å². The average Bonchev–Trinajstić information content (AvgIpc) is 2.32. The molecule has 16 heavy (non-hydrogen) atoms. The molecule has 0 fully saturated rings. The van der Waals surface area contributed by atoms with E-state index in [-0.39, 0.29) is 11.3 Å². The number of aromatic nitrogens is 3. The number of carbonyl (C=O) groups excluding carboxylic acids is 1. The zero-order valence-electron chi connectivity index (χ0n) is 9.10. The Labute approximate surface area is 91.7 Å². The van der Waals surface area contributed by atoms with Crippen molar-refractivity contribution in [2.45, 2.75) is 13.3 Å². The third kappa shape index (κ3) is 1.60. The number of aryl methyl sites for hydroxylation is 1. The first-order valence-corrected chi connectivity index (χ1v) is 5.00. The van der Waals surface area contributed by atoms with Crippen LogP contribution in [0.15, 0.2) is 23.0 Å². The number of ketones is 1. The second-order valence-electron chi connectivity index (χ2n) is 3.53. The zero-order valence-corrected chi connectivity index (χ0v) is 9.10. The highest BCUT2D eigenvalue weighted by Crippen LogP contribution is 2.10. The lowest BCUT2D eigenvalue weighted by atomic mass is 10.1. The first-order valence-electron chi connectivity index (χ1n) is 5.00. The number of fused-ring (bicyclic) bond motifs is 1. The van der Waals surface area contributed by atoms with Crippen LogP contribution in [-0.4, -0.2) is 20.8 Å². The molecule has 0 N–H and O–H groups in total. The monoisotopic (exact) mass is 217 g/mol. The van der Waals surface area contributed by atoms with Gasteiger partial charge in [-0.05, 0) is 18.2 Å². The Kier molecular flexibility index (Phi) is 2.52. The molecule has 1 heterocycles. The summed E-state index contributed by atoms with van der Waals surface area (Å²) < 4.78 is 1.16. The second kappa shape index (κ2) is 3.84. The van der Waals surface area contributed by atoms with E-state index >= 15 is 0 Å². The Morgan fingerprint density at radius 1 is 1.44 bits per heavy atom. The van der Waals surface area contributed by atoms with Crippen molar-refractivity contribution >= 4 is 16.7 Å². The van der Waals surface area contributed by atoms with Gasteiger partial charge in [-0.2, -0.15) is 0 Å². The summed E-state index contributed by atoms with van der Waals surface area (Å²) in [6.45, 7) is 1.79. The van der Waals surface area contributed by atoms with E-state index in [4.69, 9.17) is 0 Å². The molecule has 1 aromatic carbocycles. The molecular weight excluding hydrogens is 206 g/mol. The van der Waals surface area contributed by atoms with Gasteiger partial charge in [0.15, 0.2) is 5.78 Å². The van der Waals surface area contributed by atoms with E-state index in [0.717, 1.165) is 4.68 Å². The first-order chi connectivity index (χ1) is 7.63. The molecule has 2 rings (SSSR count).